The molecule has 0 saturated carbocycles. The van der Waals surface area contributed by atoms with Crippen molar-refractivity contribution in [2.24, 2.45) is 5.92 Å². The van der Waals surface area contributed by atoms with Gasteiger partial charge in [0.2, 0.25) is 0 Å². The number of ether oxygens (including phenoxy) is 1. The molecule has 0 bridgehead atoms. The van der Waals surface area contributed by atoms with Crippen molar-refractivity contribution in [1.82, 2.24) is 15.2 Å². The van der Waals surface area contributed by atoms with Crippen molar-refractivity contribution in [3.8, 4) is 0 Å². The van der Waals surface area contributed by atoms with Crippen LogP contribution in [-0.4, -0.2) is 47.4 Å². The zero-order valence-electron chi connectivity index (χ0n) is 16.0. The van der Waals surface area contributed by atoms with Gasteiger partial charge in [-0.2, -0.15) is 5.10 Å². The van der Waals surface area contributed by atoms with Crippen LogP contribution in [0.1, 0.15) is 30.1 Å². The summed E-state index contributed by atoms with van der Waals surface area (Å²) in [5, 5.41) is 10.9. The summed E-state index contributed by atoms with van der Waals surface area (Å²) in [5.74, 6) is 0.822. The fraction of sp³-hybridized carbons (Fsp3) is 0.381. The predicted octanol–water partition coefficient (Wildman–Crippen LogP) is 3.46. The molecule has 28 heavy (non-hydrogen) atoms. The zero-order valence-corrected chi connectivity index (χ0v) is 16.0. The van der Waals surface area contributed by atoms with E-state index in [1.54, 1.807) is 19.2 Å². The van der Waals surface area contributed by atoms with Crippen LogP contribution in [0.5, 0.6) is 0 Å². The fourth-order valence-electron chi connectivity index (χ4n) is 3.75. The molecular weight excluding hydrogens is 354 g/mol. The third kappa shape index (κ3) is 3.93. The Kier molecular flexibility index (Phi) is 5.41. The molecule has 1 aliphatic heterocycles. The highest BCUT2D eigenvalue weighted by Crippen LogP contribution is 2.24. The van der Waals surface area contributed by atoms with Crippen molar-refractivity contribution >= 4 is 28.5 Å². The number of nitrogens with one attached hydrogen (secondary N) is 2. The second-order valence-corrected chi connectivity index (χ2v) is 7.08. The topological polar surface area (TPSA) is 83.1 Å². The normalized spacial score (nSPS) is 16.9. The summed E-state index contributed by atoms with van der Waals surface area (Å²) in [6, 6.07) is 12.3. The first kappa shape index (κ1) is 18.3. The fourth-order valence-corrected chi connectivity index (χ4v) is 3.75. The molecule has 0 spiro atoms. The molecule has 4 rings (SSSR count). The highest BCUT2D eigenvalue weighted by atomic mass is 16.5. The number of carbonyl (C=O) groups is 1. The molecule has 0 radical (unpaired) electrons. The van der Waals surface area contributed by atoms with Gasteiger partial charge in [-0.05, 0) is 43.9 Å². The number of piperidine rings is 1. The van der Waals surface area contributed by atoms with Crippen LogP contribution in [0.2, 0.25) is 0 Å². The largest absolute Gasteiger partial charge is 0.462 e. The first-order valence-corrected chi connectivity index (χ1v) is 9.79. The lowest BCUT2D eigenvalue weighted by molar-refractivity contribution is 0.0528. The number of carbonyl (C=O) groups excluding carboxylic acids is 1. The van der Waals surface area contributed by atoms with E-state index in [9.17, 15) is 4.79 Å². The maximum atomic E-state index is 12.3. The number of nitrogens with zero attached hydrogens (tertiary/aromatic N) is 3. The SMILES string of the molecule is CCOC(=O)c1cc(NCC2CCCN(c3ccccc3)C2)nc2[nH]ncc12. The molecule has 3 aromatic rings. The number of fused-ring (bicyclic) bond motifs is 1. The Labute approximate surface area is 164 Å². The van der Waals surface area contributed by atoms with E-state index in [0.29, 0.717) is 34.9 Å². The first-order valence-electron chi connectivity index (χ1n) is 9.79. The smallest absolute Gasteiger partial charge is 0.339 e. The van der Waals surface area contributed by atoms with Gasteiger partial charge in [0, 0.05) is 25.3 Å². The molecule has 146 valence electrons. The standard InChI is InChI=1S/C21H25N5O2/c1-2-28-21(27)17-11-19(24-20-18(17)13-23-25-20)22-12-15-7-6-10-26(14-15)16-8-4-3-5-9-16/h3-5,8-9,11,13,15H,2,6-7,10,12,14H2,1H3,(H2,22,23,24,25). The van der Waals surface area contributed by atoms with Crippen molar-refractivity contribution in [2.75, 3.05) is 36.5 Å². The molecule has 2 aromatic heterocycles. The second kappa shape index (κ2) is 8.29. The Morgan fingerprint density at radius 3 is 3.04 bits per heavy atom. The lowest BCUT2D eigenvalue weighted by Gasteiger charge is -2.34. The highest BCUT2D eigenvalue weighted by Gasteiger charge is 2.21. The van der Waals surface area contributed by atoms with E-state index in [2.05, 4.69) is 49.7 Å². The molecule has 1 aromatic carbocycles. The number of hydrogen-bond donors (Lipinski definition) is 2. The van der Waals surface area contributed by atoms with Gasteiger partial charge in [0.1, 0.15) is 5.82 Å². The minimum absolute atomic E-state index is 0.334. The number of para-hydroxylation sites is 1. The van der Waals surface area contributed by atoms with Gasteiger partial charge >= 0.3 is 5.97 Å². The maximum absolute atomic E-state index is 12.3. The zero-order chi connectivity index (χ0) is 19.3. The maximum Gasteiger partial charge on any atom is 0.339 e. The number of esters is 1. The van der Waals surface area contributed by atoms with E-state index in [4.69, 9.17) is 4.74 Å². The summed E-state index contributed by atoms with van der Waals surface area (Å²) in [6.45, 7) is 5.03. The van der Waals surface area contributed by atoms with Gasteiger partial charge < -0.3 is 15.0 Å². The number of pyridine rings is 1. The molecule has 1 unspecified atom stereocenters. The average molecular weight is 379 g/mol. The van der Waals surface area contributed by atoms with E-state index >= 15 is 0 Å². The molecular formula is C21H25N5O2. The van der Waals surface area contributed by atoms with Crippen LogP contribution < -0.4 is 10.2 Å². The van der Waals surface area contributed by atoms with Crippen LogP contribution in [-0.2, 0) is 4.74 Å². The monoisotopic (exact) mass is 379 g/mol. The number of hydrogen-bond acceptors (Lipinski definition) is 6. The molecule has 1 fully saturated rings. The van der Waals surface area contributed by atoms with Gasteiger partial charge in [0.15, 0.2) is 5.65 Å². The van der Waals surface area contributed by atoms with Gasteiger partial charge in [-0.25, -0.2) is 9.78 Å². The van der Waals surface area contributed by atoms with Crippen LogP contribution >= 0.6 is 0 Å². The van der Waals surface area contributed by atoms with Crippen LogP contribution in [0.25, 0.3) is 11.0 Å². The Morgan fingerprint density at radius 1 is 1.36 bits per heavy atom. The summed E-state index contributed by atoms with van der Waals surface area (Å²) in [6.07, 6.45) is 3.95. The van der Waals surface area contributed by atoms with Gasteiger partial charge in [-0.1, -0.05) is 18.2 Å². The first-order chi connectivity index (χ1) is 13.7. The highest BCUT2D eigenvalue weighted by molar-refractivity contribution is 6.03. The lowest BCUT2D eigenvalue weighted by Crippen LogP contribution is -2.38. The minimum atomic E-state index is -0.354. The van der Waals surface area contributed by atoms with Gasteiger partial charge in [-0.3, -0.25) is 5.10 Å². The van der Waals surface area contributed by atoms with E-state index in [1.807, 2.05) is 6.07 Å². The van der Waals surface area contributed by atoms with Crippen LogP contribution in [0.4, 0.5) is 11.5 Å². The third-order valence-corrected chi connectivity index (χ3v) is 5.13. The molecule has 7 nitrogen and oxygen atoms in total. The number of rotatable bonds is 6. The Bertz CT molecular complexity index is 940. The van der Waals surface area contributed by atoms with E-state index in [1.165, 1.54) is 18.5 Å². The van der Waals surface area contributed by atoms with Gasteiger partial charge in [0.05, 0.1) is 23.8 Å². The average Bonchev–Trinajstić information content (AvgIpc) is 3.21. The number of benzene rings is 1. The Morgan fingerprint density at radius 2 is 2.21 bits per heavy atom. The number of anilines is 2. The lowest BCUT2D eigenvalue weighted by atomic mass is 9.97. The number of aromatic amines is 1. The van der Waals surface area contributed by atoms with E-state index < -0.39 is 0 Å². The summed E-state index contributed by atoms with van der Waals surface area (Å²) in [7, 11) is 0. The van der Waals surface area contributed by atoms with Crippen molar-refractivity contribution in [1.29, 1.82) is 0 Å². The molecule has 0 aliphatic carbocycles. The van der Waals surface area contributed by atoms with Crippen LogP contribution in [0.3, 0.4) is 0 Å². The van der Waals surface area contributed by atoms with E-state index in [0.717, 1.165) is 19.6 Å². The number of aromatic nitrogens is 3. The second-order valence-electron chi connectivity index (χ2n) is 7.08. The molecule has 0 amide bonds. The summed E-state index contributed by atoms with van der Waals surface area (Å²) in [5.41, 5.74) is 2.34. The molecule has 2 N–H and O–H groups in total. The molecule has 1 atom stereocenters. The van der Waals surface area contributed by atoms with Gasteiger partial charge in [-0.15, -0.1) is 0 Å². The van der Waals surface area contributed by atoms with Crippen molar-refractivity contribution in [3.05, 3.63) is 48.2 Å². The summed E-state index contributed by atoms with van der Waals surface area (Å²) in [4.78, 5) is 19.3. The van der Waals surface area contributed by atoms with Crippen LogP contribution in [0.15, 0.2) is 42.6 Å². The Balaban J connectivity index is 1.46. The third-order valence-electron chi connectivity index (χ3n) is 5.13. The van der Waals surface area contributed by atoms with E-state index in [-0.39, 0.29) is 5.97 Å². The number of H-pyrrole nitrogens is 1. The summed E-state index contributed by atoms with van der Waals surface area (Å²) >= 11 is 0. The van der Waals surface area contributed by atoms with Gasteiger partial charge in [0.25, 0.3) is 0 Å². The molecule has 3 heterocycles. The van der Waals surface area contributed by atoms with Crippen molar-refractivity contribution in [2.45, 2.75) is 19.8 Å². The van der Waals surface area contributed by atoms with Crippen LogP contribution in [0, 0.1) is 5.92 Å². The molecule has 1 saturated heterocycles. The predicted molar refractivity (Wildman–Crippen MR) is 110 cm³/mol. The van der Waals surface area contributed by atoms with Crippen molar-refractivity contribution < 1.29 is 9.53 Å². The quantitative estimate of drug-likeness (QED) is 0.638. The molecule has 7 heteroatoms. The van der Waals surface area contributed by atoms with Crippen molar-refractivity contribution in [3.63, 3.8) is 0 Å². The summed E-state index contributed by atoms with van der Waals surface area (Å²) < 4.78 is 5.18. The minimum Gasteiger partial charge on any atom is -0.462 e. The molecule has 1 aliphatic rings. The Hall–Kier alpha value is -3.09.